The van der Waals surface area contributed by atoms with Crippen molar-refractivity contribution in [2.75, 3.05) is 0 Å². The molecule has 0 aliphatic rings. The molecule has 0 atom stereocenters. The van der Waals surface area contributed by atoms with Crippen LogP contribution in [0.2, 0.25) is 5.15 Å². The molecule has 0 N–H and O–H groups in total. The minimum absolute atomic E-state index is 0.570. The van der Waals surface area contributed by atoms with Crippen molar-refractivity contribution in [3.8, 4) is 0 Å². The Kier molecular flexibility index (Phi) is 2.80. The molecule has 0 saturated heterocycles. The van der Waals surface area contributed by atoms with E-state index in [1.807, 2.05) is 24.3 Å². The lowest BCUT2D eigenvalue weighted by molar-refractivity contribution is 0.956. The number of rotatable bonds is 2. The predicted molar refractivity (Wildman–Crippen MR) is 74.2 cm³/mol. The Labute approximate surface area is 111 Å². The van der Waals surface area contributed by atoms with Gasteiger partial charge in [0.25, 0.3) is 0 Å². The van der Waals surface area contributed by atoms with Crippen LogP contribution in [-0.2, 0) is 6.42 Å². The van der Waals surface area contributed by atoms with Crippen LogP contribution in [0.4, 0.5) is 0 Å². The molecule has 90 valence electrons. The van der Waals surface area contributed by atoms with Gasteiger partial charge in [0.15, 0.2) is 5.15 Å². The van der Waals surface area contributed by atoms with E-state index in [1.165, 1.54) is 11.1 Å². The van der Waals surface area contributed by atoms with Crippen molar-refractivity contribution in [2.45, 2.75) is 13.3 Å². The first-order valence-corrected chi connectivity index (χ1v) is 6.29. The Hall–Kier alpha value is -1.80. The fourth-order valence-electron chi connectivity index (χ4n) is 2.12. The maximum atomic E-state index is 6.16. The van der Waals surface area contributed by atoms with Gasteiger partial charge in [-0.1, -0.05) is 48.0 Å². The molecule has 0 radical (unpaired) electrons. The standard InChI is InChI=1S/C15H13ClN2/c1-11-7-8-13-15(16)17-14(18(13)10-11)9-12-5-3-2-4-6-12/h2-8,10H,9H2,1H3. The summed E-state index contributed by atoms with van der Waals surface area (Å²) in [7, 11) is 0. The van der Waals surface area contributed by atoms with Gasteiger partial charge in [-0.25, -0.2) is 4.98 Å². The number of fused-ring (bicyclic) bond motifs is 1. The van der Waals surface area contributed by atoms with E-state index in [2.05, 4.69) is 40.7 Å². The minimum Gasteiger partial charge on any atom is -0.302 e. The van der Waals surface area contributed by atoms with E-state index in [4.69, 9.17) is 11.6 Å². The summed E-state index contributed by atoms with van der Waals surface area (Å²) in [5.41, 5.74) is 3.40. The van der Waals surface area contributed by atoms with Gasteiger partial charge in [-0.2, -0.15) is 0 Å². The smallest absolute Gasteiger partial charge is 0.155 e. The molecule has 0 saturated carbocycles. The highest BCUT2D eigenvalue weighted by Crippen LogP contribution is 2.20. The van der Waals surface area contributed by atoms with Gasteiger partial charge in [0, 0.05) is 12.6 Å². The van der Waals surface area contributed by atoms with Crippen molar-refractivity contribution in [3.63, 3.8) is 0 Å². The van der Waals surface area contributed by atoms with Crippen LogP contribution in [-0.4, -0.2) is 9.38 Å². The van der Waals surface area contributed by atoms with Crippen molar-refractivity contribution in [2.24, 2.45) is 0 Å². The summed E-state index contributed by atoms with van der Waals surface area (Å²) in [6.07, 6.45) is 2.87. The van der Waals surface area contributed by atoms with Crippen LogP contribution in [0.25, 0.3) is 5.52 Å². The van der Waals surface area contributed by atoms with Gasteiger partial charge >= 0.3 is 0 Å². The van der Waals surface area contributed by atoms with E-state index in [9.17, 15) is 0 Å². The highest BCUT2D eigenvalue weighted by molar-refractivity contribution is 6.32. The van der Waals surface area contributed by atoms with E-state index >= 15 is 0 Å². The molecular weight excluding hydrogens is 244 g/mol. The largest absolute Gasteiger partial charge is 0.302 e. The first kappa shape index (κ1) is 11.3. The van der Waals surface area contributed by atoms with Crippen LogP contribution in [0.5, 0.6) is 0 Å². The van der Waals surface area contributed by atoms with Crippen LogP contribution < -0.4 is 0 Å². The zero-order chi connectivity index (χ0) is 12.5. The topological polar surface area (TPSA) is 17.3 Å². The molecule has 0 amide bonds. The summed E-state index contributed by atoms with van der Waals surface area (Å²) in [4.78, 5) is 4.45. The first-order chi connectivity index (χ1) is 8.74. The molecule has 0 aliphatic carbocycles. The Morgan fingerprint density at radius 2 is 1.89 bits per heavy atom. The zero-order valence-corrected chi connectivity index (χ0v) is 10.9. The molecule has 0 unspecified atom stereocenters. The lowest BCUT2D eigenvalue weighted by Gasteiger charge is -2.02. The number of nitrogens with zero attached hydrogens (tertiary/aromatic N) is 2. The van der Waals surface area contributed by atoms with E-state index in [0.717, 1.165) is 17.8 Å². The summed E-state index contributed by atoms with van der Waals surface area (Å²) in [6.45, 7) is 2.07. The molecule has 18 heavy (non-hydrogen) atoms. The number of hydrogen-bond acceptors (Lipinski definition) is 1. The fourth-order valence-corrected chi connectivity index (χ4v) is 2.37. The second-order valence-corrected chi connectivity index (χ2v) is 4.80. The van der Waals surface area contributed by atoms with Gasteiger partial charge in [-0.05, 0) is 24.1 Å². The molecule has 2 nitrogen and oxygen atoms in total. The molecule has 0 bridgehead atoms. The average molecular weight is 257 g/mol. The molecule has 0 fully saturated rings. The molecule has 0 aliphatic heterocycles. The summed E-state index contributed by atoms with van der Waals surface area (Å²) in [5, 5.41) is 0.570. The Morgan fingerprint density at radius 3 is 2.67 bits per heavy atom. The Morgan fingerprint density at radius 1 is 1.11 bits per heavy atom. The molecule has 1 aromatic carbocycles. The number of aryl methyl sites for hydroxylation is 1. The summed E-state index contributed by atoms with van der Waals surface area (Å²) < 4.78 is 2.07. The normalized spacial score (nSPS) is 11.0. The van der Waals surface area contributed by atoms with Crippen molar-refractivity contribution < 1.29 is 0 Å². The van der Waals surface area contributed by atoms with E-state index in [-0.39, 0.29) is 0 Å². The maximum Gasteiger partial charge on any atom is 0.155 e. The number of benzene rings is 1. The fraction of sp³-hybridized carbons (Fsp3) is 0.133. The molecule has 2 heterocycles. The predicted octanol–water partition coefficient (Wildman–Crippen LogP) is 3.89. The summed E-state index contributed by atoms with van der Waals surface area (Å²) in [5.74, 6) is 0.977. The lowest BCUT2D eigenvalue weighted by Crippen LogP contribution is -1.96. The van der Waals surface area contributed by atoms with Gasteiger partial charge < -0.3 is 4.40 Å². The minimum atomic E-state index is 0.570. The number of imidazole rings is 1. The monoisotopic (exact) mass is 256 g/mol. The van der Waals surface area contributed by atoms with Crippen molar-refractivity contribution in [1.29, 1.82) is 0 Å². The van der Waals surface area contributed by atoms with E-state index in [1.54, 1.807) is 0 Å². The second kappa shape index (κ2) is 4.46. The number of hydrogen-bond donors (Lipinski definition) is 0. The van der Waals surface area contributed by atoms with E-state index in [0.29, 0.717) is 5.15 Å². The van der Waals surface area contributed by atoms with Crippen molar-refractivity contribution >= 4 is 17.1 Å². The van der Waals surface area contributed by atoms with Gasteiger partial charge in [0.05, 0.1) is 5.52 Å². The third-order valence-corrected chi connectivity index (χ3v) is 3.30. The van der Waals surface area contributed by atoms with Crippen LogP contribution in [0.3, 0.4) is 0 Å². The molecule has 3 aromatic rings. The van der Waals surface area contributed by atoms with Crippen LogP contribution in [0.15, 0.2) is 48.7 Å². The molecular formula is C15H13ClN2. The van der Waals surface area contributed by atoms with Crippen LogP contribution in [0.1, 0.15) is 17.0 Å². The van der Waals surface area contributed by atoms with Crippen LogP contribution >= 0.6 is 11.6 Å². The second-order valence-electron chi connectivity index (χ2n) is 4.44. The van der Waals surface area contributed by atoms with Crippen molar-refractivity contribution in [1.82, 2.24) is 9.38 Å². The van der Waals surface area contributed by atoms with E-state index < -0.39 is 0 Å². The highest BCUT2D eigenvalue weighted by atomic mass is 35.5. The quantitative estimate of drug-likeness (QED) is 0.680. The number of halogens is 1. The van der Waals surface area contributed by atoms with Gasteiger partial charge in [0.1, 0.15) is 5.82 Å². The van der Waals surface area contributed by atoms with Gasteiger partial charge in [-0.3, -0.25) is 0 Å². The Bertz CT molecular complexity index is 686. The number of pyridine rings is 1. The Balaban J connectivity index is 2.09. The molecule has 3 heteroatoms. The highest BCUT2D eigenvalue weighted by Gasteiger charge is 2.09. The van der Waals surface area contributed by atoms with Gasteiger partial charge in [-0.15, -0.1) is 0 Å². The third kappa shape index (κ3) is 2.00. The average Bonchev–Trinajstić information content (AvgIpc) is 2.67. The van der Waals surface area contributed by atoms with Crippen molar-refractivity contribution in [3.05, 3.63) is 70.8 Å². The first-order valence-electron chi connectivity index (χ1n) is 5.91. The maximum absolute atomic E-state index is 6.16. The van der Waals surface area contributed by atoms with Crippen LogP contribution in [0, 0.1) is 6.92 Å². The summed E-state index contributed by atoms with van der Waals surface area (Å²) in [6, 6.07) is 14.4. The van der Waals surface area contributed by atoms with Gasteiger partial charge in [0.2, 0.25) is 0 Å². The number of aromatic nitrogens is 2. The lowest BCUT2D eigenvalue weighted by atomic mass is 10.1. The molecule has 3 rings (SSSR count). The molecule has 2 aromatic heterocycles. The third-order valence-electron chi connectivity index (χ3n) is 3.02. The summed E-state index contributed by atoms with van der Waals surface area (Å²) >= 11 is 6.16. The molecule has 0 spiro atoms. The zero-order valence-electron chi connectivity index (χ0n) is 10.1. The SMILES string of the molecule is Cc1ccc2c(Cl)nc(Cc3ccccc3)n2c1.